The van der Waals surface area contributed by atoms with Crippen LogP contribution in [0.25, 0.3) is 22.6 Å². The van der Waals surface area contributed by atoms with Crippen LogP contribution in [0.4, 0.5) is 10.1 Å². The Morgan fingerprint density at radius 1 is 1.09 bits per heavy atom. The lowest BCUT2D eigenvalue weighted by Gasteiger charge is -2.06. The van der Waals surface area contributed by atoms with Gasteiger partial charge in [0.05, 0.1) is 17.3 Å². The Hall–Kier alpha value is -3.08. The Kier molecular flexibility index (Phi) is 3.31. The van der Waals surface area contributed by atoms with E-state index in [1.54, 1.807) is 12.3 Å². The Bertz CT molecular complexity index is 944. The number of nitrogens with one attached hydrogen (secondary N) is 2. The Morgan fingerprint density at radius 3 is 2.87 bits per heavy atom. The first-order valence-corrected chi connectivity index (χ1v) is 7.30. The molecule has 0 aliphatic carbocycles. The van der Waals surface area contributed by atoms with Gasteiger partial charge in [-0.3, -0.25) is 0 Å². The third-order valence-electron chi connectivity index (χ3n) is 3.62. The summed E-state index contributed by atoms with van der Waals surface area (Å²) in [5.41, 5.74) is 3.61. The molecule has 0 saturated carbocycles. The van der Waals surface area contributed by atoms with E-state index < -0.39 is 0 Å². The van der Waals surface area contributed by atoms with Crippen molar-refractivity contribution in [3.8, 4) is 11.6 Å². The summed E-state index contributed by atoms with van der Waals surface area (Å²) in [4.78, 5) is 7.76. The standard InChI is InChI=1S/C18H14FN3O/c19-13-4-1-3-12(9-13)11-20-14-6-7-15-16(10-14)22-18(21-15)17-5-2-8-23-17/h1-10,20H,11H2,(H,21,22). The molecule has 0 aliphatic rings. The summed E-state index contributed by atoms with van der Waals surface area (Å²) in [5.74, 6) is 1.18. The molecular weight excluding hydrogens is 293 g/mol. The summed E-state index contributed by atoms with van der Waals surface area (Å²) in [6.45, 7) is 0.554. The number of halogens is 1. The maximum Gasteiger partial charge on any atom is 0.174 e. The van der Waals surface area contributed by atoms with Crippen LogP contribution >= 0.6 is 0 Å². The highest BCUT2D eigenvalue weighted by Gasteiger charge is 2.08. The van der Waals surface area contributed by atoms with Crippen LogP contribution in [0, 0.1) is 5.82 Å². The lowest BCUT2D eigenvalue weighted by molar-refractivity contribution is 0.578. The van der Waals surface area contributed by atoms with Crippen molar-refractivity contribution in [1.82, 2.24) is 9.97 Å². The van der Waals surface area contributed by atoms with Crippen molar-refractivity contribution in [3.05, 3.63) is 72.2 Å². The summed E-state index contributed by atoms with van der Waals surface area (Å²) < 4.78 is 18.5. The molecule has 4 rings (SSSR count). The van der Waals surface area contributed by atoms with Gasteiger partial charge in [0, 0.05) is 12.2 Å². The minimum Gasteiger partial charge on any atom is -0.461 e. The maximum absolute atomic E-state index is 13.2. The summed E-state index contributed by atoms with van der Waals surface area (Å²) in [5, 5.41) is 3.28. The molecule has 23 heavy (non-hydrogen) atoms. The van der Waals surface area contributed by atoms with Gasteiger partial charge in [-0.25, -0.2) is 9.37 Å². The third-order valence-corrected chi connectivity index (χ3v) is 3.62. The number of benzene rings is 2. The number of imidazole rings is 1. The van der Waals surface area contributed by atoms with E-state index >= 15 is 0 Å². The number of nitrogens with zero attached hydrogens (tertiary/aromatic N) is 1. The molecule has 114 valence electrons. The van der Waals surface area contributed by atoms with Gasteiger partial charge in [-0.2, -0.15) is 0 Å². The van der Waals surface area contributed by atoms with E-state index in [2.05, 4.69) is 15.3 Å². The van der Waals surface area contributed by atoms with Gasteiger partial charge in [-0.15, -0.1) is 0 Å². The average Bonchev–Trinajstić information content (AvgIpc) is 3.21. The zero-order valence-electron chi connectivity index (χ0n) is 12.2. The molecule has 0 bridgehead atoms. The third kappa shape index (κ3) is 2.81. The smallest absolute Gasteiger partial charge is 0.174 e. The first-order valence-electron chi connectivity index (χ1n) is 7.30. The van der Waals surface area contributed by atoms with E-state index in [1.807, 2.05) is 36.4 Å². The molecule has 0 aliphatic heterocycles. The normalized spacial score (nSPS) is 11.0. The van der Waals surface area contributed by atoms with Gasteiger partial charge in [-0.05, 0) is 48.0 Å². The molecule has 0 fully saturated rings. The fourth-order valence-corrected chi connectivity index (χ4v) is 2.50. The van der Waals surface area contributed by atoms with E-state index in [-0.39, 0.29) is 5.82 Å². The summed E-state index contributed by atoms with van der Waals surface area (Å²) in [7, 11) is 0. The second-order valence-electron chi connectivity index (χ2n) is 5.28. The first kappa shape index (κ1) is 13.6. The summed E-state index contributed by atoms with van der Waals surface area (Å²) in [6, 6.07) is 16.1. The Morgan fingerprint density at radius 2 is 2.04 bits per heavy atom. The van der Waals surface area contributed by atoms with Crippen molar-refractivity contribution in [3.63, 3.8) is 0 Å². The quantitative estimate of drug-likeness (QED) is 0.580. The number of furan rings is 1. The van der Waals surface area contributed by atoms with Crippen molar-refractivity contribution in [1.29, 1.82) is 0 Å². The molecule has 0 saturated heterocycles. The lowest BCUT2D eigenvalue weighted by atomic mass is 10.2. The number of hydrogen-bond donors (Lipinski definition) is 2. The van der Waals surface area contributed by atoms with Crippen molar-refractivity contribution >= 4 is 16.7 Å². The van der Waals surface area contributed by atoms with Crippen molar-refractivity contribution in [2.24, 2.45) is 0 Å². The molecule has 2 N–H and O–H groups in total. The second-order valence-corrected chi connectivity index (χ2v) is 5.28. The number of fused-ring (bicyclic) bond motifs is 1. The predicted molar refractivity (Wildman–Crippen MR) is 87.5 cm³/mol. The fraction of sp³-hybridized carbons (Fsp3) is 0.0556. The van der Waals surface area contributed by atoms with Gasteiger partial charge >= 0.3 is 0 Å². The minimum atomic E-state index is -0.227. The highest BCUT2D eigenvalue weighted by molar-refractivity contribution is 5.82. The first-order chi connectivity index (χ1) is 11.3. The van der Waals surface area contributed by atoms with Gasteiger partial charge < -0.3 is 14.7 Å². The van der Waals surface area contributed by atoms with E-state index in [0.717, 1.165) is 22.3 Å². The molecule has 2 aromatic carbocycles. The van der Waals surface area contributed by atoms with Gasteiger partial charge in [0.2, 0.25) is 0 Å². The maximum atomic E-state index is 13.2. The number of aromatic nitrogens is 2. The van der Waals surface area contributed by atoms with Gasteiger partial charge in [-0.1, -0.05) is 12.1 Å². The Balaban J connectivity index is 1.56. The largest absolute Gasteiger partial charge is 0.461 e. The molecule has 2 aromatic heterocycles. The highest BCUT2D eigenvalue weighted by Crippen LogP contribution is 2.23. The molecule has 0 spiro atoms. The topological polar surface area (TPSA) is 53.9 Å². The summed E-state index contributed by atoms with van der Waals surface area (Å²) >= 11 is 0. The van der Waals surface area contributed by atoms with Gasteiger partial charge in [0.25, 0.3) is 0 Å². The van der Waals surface area contributed by atoms with Crippen LogP contribution in [0.3, 0.4) is 0 Å². The monoisotopic (exact) mass is 307 g/mol. The Labute approximate surface area is 132 Å². The van der Waals surface area contributed by atoms with Crippen molar-refractivity contribution in [2.75, 3.05) is 5.32 Å². The van der Waals surface area contributed by atoms with E-state index in [4.69, 9.17) is 4.42 Å². The minimum absolute atomic E-state index is 0.227. The number of hydrogen-bond acceptors (Lipinski definition) is 3. The van der Waals surface area contributed by atoms with E-state index in [1.165, 1.54) is 12.1 Å². The van der Waals surface area contributed by atoms with E-state index in [0.29, 0.717) is 18.1 Å². The molecule has 4 nitrogen and oxygen atoms in total. The lowest BCUT2D eigenvalue weighted by Crippen LogP contribution is -1.99. The van der Waals surface area contributed by atoms with Crippen LogP contribution in [0.15, 0.2) is 65.3 Å². The summed E-state index contributed by atoms with van der Waals surface area (Å²) in [6.07, 6.45) is 1.62. The second kappa shape index (κ2) is 5.61. The molecule has 5 heteroatoms. The SMILES string of the molecule is Fc1cccc(CNc2ccc3[nH]c(-c4ccco4)nc3c2)c1. The zero-order chi connectivity index (χ0) is 15.6. The van der Waals surface area contributed by atoms with Crippen LogP contribution in [-0.2, 0) is 6.54 Å². The molecule has 4 aromatic rings. The van der Waals surface area contributed by atoms with Crippen LogP contribution in [-0.4, -0.2) is 9.97 Å². The van der Waals surface area contributed by atoms with Crippen molar-refractivity contribution < 1.29 is 8.81 Å². The van der Waals surface area contributed by atoms with Crippen LogP contribution < -0.4 is 5.32 Å². The number of anilines is 1. The fourth-order valence-electron chi connectivity index (χ4n) is 2.50. The zero-order valence-corrected chi connectivity index (χ0v) is 12.2. The van der Waals surface area contributed by atoms with Crippen LogP contribution in [0.2, 0.25) is 0 Å². The molecule has 2 heterocycles. The molecule has 0 radical (unpaired) electrons. The van der Waals surface area contributed by atoms with Crippen LogP contribution in [0.1, 0.15) is 5.56 Å². The average molecular weight is 307 g/mol. The molecular formula is C18H14FN3O. The predicted octanol–water partition coefficient (Wildman–Crippen LogP) is 4.57. The number of aromatic amines is 1. The molecule has 0 unspecified atom stereocenters. The van der Waals surface area contributed by atoms with E-state index in [9.17, 15) is 4.39 Å². The van der Waals surface area contributed by atoms with Gasteiger partial charge in [0.15, 0.2) is 11.6 Å². The van der Waals surface area contributed by atoms with Gasteiger partial charge in [0.1, 0.15) is 5.82 Å². The number of H-pyrrole nitrogens is 1. The van der Waals surface area contributed by atoms with Crippen molar-refractivity contribution in [2.45, 2.75) is 6.54 Å². The molecule has 0 amide bonds. The molecule has 0 atom stereocenters. The highest BCUT2D eigenvalue weighted by atomic mass is 19.1. The number of rotatable bonds is 4. The van der Waals surface area contributed by atoms with Crippen LogP contribution in [0.5, 0.6) is 0 Å².